The molecule has 3 heteroatoms. The van der Waals surface area contributed by atoms with Gasteiger partial charge in [0.2, 0.25) is 6.41 Å². The first-order valence-corrected chi connectivity index (χ1v) is 5.09. The molecule has 1 aliphatic heterocycles. The van der Waals surface area contributed by atoms with E-state index in [0.717, 1.165) is 18.6 Å². The fraction of sp³-hybridized carbons (Fsp3) is 0.417. The zero-order valence-corrected chi connectivity index (χ0v) is 8.85. The van der Waals surface area contributed by atoms with Gasteiger partial charge in [-0.15, -0.1) is 0 Å². The van der Waals surface area contributed by atoms with Gasteiger partial charge >= 0.3 is 0 Å². The summed E-state index contributed by atoms with van der Waals surface area (Å²) in [6.07, 6.45) is 0.889. The second kappa shape index (κ2) is 4.03. The van der Waals surface area contributed by atoms with Crippen molar-refractivity contribution in [3.05, 3.63) is 35.9 Å². The Labute approximate surface area is 89.7 Å². The summed E-state index contributed by atoms with van der Waals surface area (Å²) < 4.78 is 5.27. The largest absolute Gasteiger partial charge is 0.368 e. The predicted octanol–water partition coefficient (Wildman–Crippen LogP) is 1.43. The van der Waals surface area contributed by atoms with Crippen LogP contribution in [-0.2, 0) is 16.1 Å². The van der Waals surface area contributed by atoms with E-state index in [2.05, 4.69) is 0 Å². The van der Waals surface area contributed by atoms with E-state index >= 15 is 0 Å². The van der Waals surface area contributed by atoms with Crippen LogP contribution in [0.4, 0.5) is 0 Å². The Morgan fingerprint density at radius 1 is 1.47 bits per heavy atom. The van der Waals surface area contributed by atoms with Gasteiger partial charge in [0, 0.05) is 6.54 Å². The van der Waals surface area contributed by atoms with Crippen LogP contribution in [0.5, 0.6) is 0 Å². The monoisotopic (exact) mass is 205 g/mol. The molecule has 1 aromatic rings. The first kappa shape index (κ1) is 10.2. The molecule has 1 atom stereocenters. The smallest absolute Gasteiger partial charge is 0.210 e. The van der Waals surface area contributed by atoms with E-state index in [1.165, 1.54) is 0 Å². The van der Waals surface area contributed by atoms with Crippen molar-refractivity contribution in [2.24, 2.45) is 0 Å². The molecule has 0 aromatic heterocycles. The van der Waals surface area contributed by atoms with Crippen molar-refractivity contribution < 1.29 is 9.53 Å². The summed E-state index contributed by atoms with van der Waals surface area (Å²) in [6.45, 7) is 4.11. The van der Waals surface area contributed by atoms with Crippen molar-refractivity contribution in [1.82, 2.24) is 4.90 Å². The summed E-state index contributed by atoms with van der Waals surface area (Å²) in [5.41, 5.74) is 1.05. The number of carbonyl (C=O) groups excluding carboxylic acids is 1. The van der Waals surface area contributed by atoms with Gasteiger partial charge in [-0.3, -0.25) is 4.79 Å². The normalized spacial score (nSPS) is 23.5. The van der Waals surface area contributed by atoms with Gasteiger partial charge < -0.3 is 9.64 Å². The minimum Gasteiger partial charge on any atom is -0.368 e. The quantitative estimate of drug-likeness (QED) is 0.538. The Morgan fingerprint density at radius 3 is 2.67 bits per heavy atom. The molecule has 3 nitrogen and oxygen atoms in total. The summed E-state index contributed by atoms with van der Waals surface area (Å²) >= 11 is 0. The number of nitrogens with zero attached hydrogens (tertiary/aromatic N) is 1. The van der Waals surface area contributed by atoms with Crippen molar-refractivity contribution in [2.45, 2.75) is 19.1 Å². The molecule has 0 spiro atoms. The van der Waals surface area contributed by atoms with Crippen molar-refractivity contribution in [1.29, 1.82) is 0 Å². The van der Waals surface area contributed by atoms with E-state index in [1.54, 1.807) is 4.90 Å². The topological polar surface area (TPSA) is 32.8 Å². The van der Waals surface area contributed by atoms with Gasteiger partial charge in [-0.05, 0) is 12.5 Å². The number of epoxide rings is 1. The molecule has 0 N–H and O–H groups in total. The van der Waals surface area contributed by atoms with Crippen LogP contribution in [0.15, 0.2) is 30.3 Å². The van der Waals surface area contributed by atoms with Crippen LogP contribution < -0.4 is 0 Å². The lowest BCUT2D eigenvalue weighted by atomic mass is 10.1. The van der Waals surface area contributed by atoms with Crippen molar-refractivity contribution in [3.8, 4) is 0 Å². The first-order chi connectivity index (χ1) is 7.22. The molecule has 1 amide bonds. The molecule has 1 aliphatic rings. The van der Waals surface area contributed by atoms with Gasteiger partial charge in [-0.1, -0.05) is 30.3 Å². The fourth-order valence-electron chi connectivity index (χ4n) is 1.59. The van der Waals surface area contributed by atoms with Gasteiger partial charge in [0.1, 0.15) is 5.60 Å². The van der Waals surface area contributed by atoms with E-state index < -0.39 is 0 Å². The molecule has 1 fully saturated rings. The van der Waals surface area contributed by atoms with Crippen LogP contribution >= 0.6 is 0 Å². The molecule has 2 rings (SSSR count). The van der Waals surface area contributed by atoms with Gasteiger partial charge in [0.25, 0.3) is 0 Å². The molecule has 0 bridgehead atoms. The molecule has 0 aliphatic carbocycles. The van der Waals surface area contributed by atoms with Crippen molar-refractivity contribution in [2.75, 3.05) is 13.2 Å². The molecule has 0 saturated carbocycles. The highest BCUT2D eigenvalue weighted by Gasteiger charge is 2.40. The van der Waals surface area contributed by atoms with Gasteiger partial charge in [-0.2, -0.15) is 0 Å². The van der Waals surface area contributed by atoms with Crippen LogP contribution in [0, 0.1) is 0 Å². The molecule has 1 heterocycles. The lowest BCUT2D eigenvalue weighted by Gasteiger charge is -2.19. The molecule has 0 radical (unpaired) electrons. The highest BCUT2D eigenvalue weighted by atomic mass is 16.6. The average molecular weight is 205 g/mol. The van der Waals surface area contributed by atoms with Gasteiger partial charge in [-0.25, -0.2) is 0 Å². The van der Waals surface area contributed by atoms with E-state index in [9.17, 15) is 4.79 Å². The number of rotatable bonds is 5. The third kappa shape index (κ3) is 2.80. The highest BCUT2D eigenvalue weighted by molar-refractivity contribution is 5.47. The molecule has 1 saturated heterocycles. The molecule has 80 valence electrons. The summed E-state index contributed by atoms with van der Waals surface area (Å²) in [5, 5.41) is 0. The average Bonchev–Trinajstić information content (AvgIpc) is 2.97. The van der Waals surface area contributed by atoms with Crippen LogP contribution in [0.25, 0.3) is 0 Å². The maximum Gasteiger partial charge on any atom is 0.210 e. The van der Waals surface area contributed by atoms with E-state index in [4.69, 9.17) is 4.74 Å². The second-order valence-electron chi connectivity index (χ2n) is 4.23. The minimum atomic E-state index is -0.101. The first-order valence-electron chi connectivity index (χ1n) is 5.09. The number of hydrogen-bond donors (Lipinski definition) is 0. The minimum absolute atomic E-state index is 0.101. The lowest BCUT2D eigenvalue weighted by Crippen LogP contribution is -2.31. The second-order valence-corrected chi connectivity index (χ2v) is 4.23. The summed E-state index contributed by atoms with van der Waals surface area (Å²) in [5.74, 6) is 0. The maximum absolute atomic E-state index is 10.9. The number of hydrogen-bond acceptors (Lipinski definition) is 2. The fourth-order valence-corrected chi connectivity index (χ4v) is 1.59. The van der Waals surface area contributed by atoms with E-state index in [-0.39, 0.29) is 5.60 Å². The number of amides is 1. The Bertz CT molecular complexity index is 333. The third-order valence-corrected chi connectivity index (χ3v) is 2.55. The number of ether oxygens (including phenoxy) is 1. The van der Waals surface area contributed by atoms with Crippen LogP contribution in [0.2, 0.25) is 0 Å². The Morgan fingerprint density at radius 2 is 2.13 bits per heavy atom. The number of benzene rings is 1. The Kier molecular flexibility index (Phi) is 2.73. The Hall–Kier alpha value is -1.35. The lowest BCUT2D eigenvalue weighted by molar-refractivity contribution is -0.119. The Balaban J connectivity index is 1.93. The summed E-state index contributed by atoms with van der Waals surface area (Å²) in [4.78, 5) is 12.6. The summed E-state index contributed by atoms with van der Waals surface area (Å²) in [6, 6.07) is 9.97. The van der Waals surface area contributed by atoms with Crippen molar-refractivity contribution in [3.63, 3.8) is 0 Å². The van der Waals surface area contributed by atoms with E-state index in [0.29, 0.717) is 13.1 Å². The van der Waals surface area contributed by atoms with Gasteiger partial charge in [0.05, 0.1) is 13.2 Å². The molecular formula is C12H15NO2. The van der Waals surface area contributed by atoms with Crippen molar-refractivity contribution >= 4 is 6.41 Å². The zero-order chi connectivity index (χ0) is 10.7. The SMILES string of the molecule is CC1(CN(C=O)Cc2ccccc2)CO1. The molecule has 15 heavy (non-hydrogen) atoms. The van der Waals surface area contributed by atoms with Gasteiger partial charge in [0.15, 0.2) is 0 Å². The van der Waals surface area contributed by atoms with E-state index in [1.807, 2.05) is 37.3 Å². The molecule has 1 unspecified atom stereocenters. The highest BCUT2D eigenvalue weighted by Crippen LogP contribution is 2.26. The van der Waals surface area contributed by atoms with Crippen LogP contribution in [0.3, 0.4) is 0 Å². The predicted molar refractivity (Wildman–Crippen MR) is 57.3 cm³/mol. The zero-order valence-electron chi connectivity index (χ0n) is 8.85. The third-order valence-electron chi connectivity index (χ3n) is 2.55. The maximum atomic E-state index is 10.9. The standard InChI is InChI=1S/C12H15NO2/c1-12(9-15-12)8-13(10-14)7-11-5-3-2-4-6-11/h2-6,10H,7-9H2,1H3. The molecule has 1 aromatic carbocycles. The van der Waals surface area contributed by atoms with Crippen LogP contribution in [0.1, 0.15) is 12.5 Å². The molecular weight excluding hydrogens is 190 g/mol. The number of carbonyl (C=O) groups is 1. The summed E-state index contributed by atoms with van der Waals surface area (Å²) in [7, 11) is 0. The van der Waals surface area contributed by atoms with Crippen LogP contribution in [-0.4, -0.2) is 30.1 Å².